The van der Waals surface area contributed by atoms with E-state index in [1.54, 1.807) is 28.2 Å². The van der Waals surface area contributed by atoms with Crippen molar-refractivity contribution in [2.24, 2.45) is 7.05 Å². The van der Waals surface area contributed by atoms with Crippen LogP contribution in [0.3, 0.4) is 0 Å². The summed E-state index contributed by atoms with van der Waals surface area (Å²) in [5, 5.41) is 10.5. The molecule has 0 aliphatic carbocycles. The maximum absolute atomic E-state index is 12.5. The lowest BCUT2D eigenvalue weighted by Gasteiger charge is -2.13. The van der Waals surface area contributed by atoms with Crippen molar-refractivity contribution in [3.8, 4) is 10.6 Å². The molecule has 0 spiro atoms. The number of hydrazine groups is 1. The molecule has 160 valence electrons. The Morgan fingerprint density at radius 2 is 2.03 bits per heavy atom. The maximum atomic E-state index is 12.5. The van der Waals surface area contributed by atoms with Crippen molar-refractivity contribution in [1.29, 1.82) is 0 Å². The predicted octanol–water partition coefficient (Wildman–Crippen LogP) is 5.33. The smallest absolute Gasteiger partial charge is 0.306 e. The fourth-order valence-electron chi connectivity index (χ4n) is 3.40. The molecule has 0 aliphatic heterocycles. The van der Waals surface area contributed by atoms with Gasteiger partial charge in [-0.1, -0.05) is 31.5 Å². The van der Waals surface area contributed by atoms with Gasteiger partial charge in [0.15, 0.2) is 5.65 Å². The van der Waals surface area contributed by atoms with Crippen LogP contribution in [0.1, 0.15) is 31.0 Å². The molecule has 3 N–H and O–H groups in total. The Bertz CT molecular complexity index is 1250. The minimum absolute atomic E-state index is 0.275. The number of urea groups is 1. The number of hydrogen-bond donors (Lipinski definition) is 3. The molecule has 4 heterocycles. The van der Waals surface area contributed by atoms with Crippen molar-refractivity contribution >= 4 is 51.5 Å². The van der Waals surface area contributed by atoms with Crippen LogP contribution < -0.4 is 16.2 Å². The lowest BCUT2D eigenvalue weighted by molar-refractivity contribution is 0.254. The van der Waals surface area contributed by atoms with Gasteiger partial charge >= 0.3 is 6.03 Å². The third-order valence-electron chi connectivity index (χ3n) is 4.75. The molecule has 0 unspecified atom stereocenters. The summed E-state index contributed by atoms with van der Waals surface area (Å²) in [5.74, 6) is 0.804. The highest BCUT2D eigenvalue weighted by Crippen LogP contribution is 2.29. The molecule has 0 saturated heterocycles. The first-order valence-corrected chi connectivity index (χ1v) is 11.0. The molecule has 8 nitrogen and oxygen atoms in total. The minimum atomic E-state index is -0.450. The fraction of sp³-hybridized carbons (Fsp3) is 0.238. The van der Waals surface area contributed by atoms with Gasteiger partial charge in [0, 0.05) is 18.1 Å². The van der Waals surface area contributed by atoms with E-state index in [2.05, 4.69) is 45.1 Å². The monoisotopic (exact) mass is 455 g/mol. The van der Waals surface area contributed by atoms with Crippen LogP contribution in [0, 0.1) is 6.92 Å². The van der Waals surface area contributed by atoms with E-state index < -0.39 is 6.03 Å². The average Bonchev–Trinajstić information content (AvgIpc) is 3.34. The number of fused-ring (bicyclic) bond motifs is 1. The molecule has 4 aromatic heterocycles. The second kappa shape index (κ2) is 8.52. The Kier molecular flexibility index (Phi) is 5.79. The van der Waals surface area contributed by atoms with Gasteiger partial charge < -0.3 is 5.32 Å². The number of carbonyl (C=O) groups is 1. The third kappa shape index (κ3) is 4.47. The van der Waals surface area contributed by atoms with E-state index in [-0.39, 0.29) is 5.92 Å². The lowest BCUT2D eigenvalue weighted by atomic mass is 10.00. The van der Waals surface area contributed by atoms with Gasteiger partial charge in [0.2, 0.25) is 0 Å². The molecule has 31 heavy (non-hydrogen) atoms. The van der Waals surface area contributed by atoms with Gasteiger partial charge in [0.05, 0.1) is 16.3 Å². The molecule has 0 aliphatic rings. The van der Waals surface area contributed by atoms with E-state index in [0.29, 0.717) is 22.4 Å². The van der Waals surface area contributed by atoms with Crippen molar-refractivity contribution in [2.45, 2.75) is 26.7 Å². The molecular formula is C21H22ClN7OS. The summed E-state index contributed by atoms with van der Waals surface area (Å²) in [6.07, 6.45) is 0. The first kappa shape index (κ1) is 21.1. The number of nitrogens with zero attached hydrogens (tertiary/aromatic N) is 4. The molecule has 0 bridgehead atoms. The summed E-state index contributed by atoms with van der Waals surface area (Å²) >= 11 is 7.68. The Morgan fingerprint density at radius 1 is 1.23 bits per heavy atom. The number of thiophene rings is 1. The number of carbonyl (C=O) groups excluding carboxylic acids is 1. The quantitative estimate of drug-likeness (QED) is 0.279. The Hall–Kier alpha value is -3.17. The number of pyridine rings is 2. The van der Waals surface area contributed by atoms with Gasteiger partial charge in [0.25, 0.3) is 0 Å². The van der Waals surface area contributed by atoms with E-state index >= 15 is 0 Å². The van der Waals surface area contributed by atoms with Gasteiger partial charge in [-0.05, 0) is 48.1 Å². The molecular weight excluding hydrogens is 434 g/mol. The number of hydrogen-bond acceptors (Lipinski definition) is 6. The summed E-state index contributed by atoms with van der Waals surface area (Å²) in [7, 11) is 1.86. The zero-order valence-electron chi connectivity index (χ0n) is 17.5. The van der Waals surface area contributed by atoms with E-state index in [0.717, 1.165) is 27.2 Å². The number of nitrogens with one attached hydrogen (secondary N) is 3. The molecule has 10 heteroatoms. The molecule has 0 fully saturated rings. The lowest BCUT2D eigenvalue weighted by Crippen LogP contribution is -2.34. The molecule has 4 rings (SSSR count). The third-order valence-corrected chi connectivity index (χ3v) is 5.84. The number of halogens is 1. The van der Waals surface area contributed by atoms with Crippen LogP contribution >= 0.6 is 22.9 Å². The van der Waals surface area contributed by atoms with E-state index in [1.807, 2.05) is 37.6 Å². The highest BCUT2D eigenvalue weighted by molar-refractivity contribution is 7.13. The van der Waals surface area contributed by atoms with Crippen LogP contribution in [0.25, 0.3) is 21.6 Å². The van der Waals surface area contributed by atoms with Gasteiger partial charge in [-0.2, -0.15) is 5.10 Å². The normalized spacial score (nSPS) is 11.2. The zero-order chi connectivity index (χ0) is 22.1. The summed E-state index contributed by atoms with van der Waals surface area (Å²) in [5.41, 5.74) is 9.55. The van der Waals surface area contributed by atoms with Crippen molar-refractivity contribution in [3.05, 3.63) is 52.1 Å². The molecule has 0 radical (unpaired) electrons. The Balaban J connectivity index is 1.51. The first-order chi connectivity index (χ1) is 14.8. The van der Waals surface area contributed by atoms with Gasteiger partial charge in [0.1, 0.15) is 11.0 Å². The van der Waals surface area contributed by atoms with Crippen LogP contribution in [0.5, 0.6) is 0 Å². The largest absolute Gasteiger partial charge is 0.337 e. The summed E-state index contributed by atoms with van der Waals surface area (Å²) < 4.78 is 1.74. The van der Waals surface area contributed by atoms with Crippen molar-refractivity contribution < 1.29 is 4.79 Å². The SMILES string of the molecule is Cc1nn(C)c2nc(NNC(=O)Nc3cc(Cl)nc(-c4cccs4)c3)cc(C(C)C)c12. The highest BCUT2D eigenvalue weighted by Gasteiger charge is 2.16. The maximum Gasteiger partial charge on any atom is 0.337 e. The average molecular weight is 456 g/mol. The minimum Gasteiger partial charge on any atom is -0.306 e. The number of aromatic nitrogens is 4. The van der Waals surface area contributed by atoms with E-state index in [9.17, 15) is 4.79 Å². The fourth-order valence-corrected chi connectivity index (χ4v) is 4.29. The number of amides is 2. The van der Waals surface area contributed by atoms with Crippen molar-refractivity contribution in [3.63, 3.8) is 0 Å². The zero-order valence-corrected chi connectivity index (χ0v) is 19.1. The highest BCUT2D eigenvalue weighted by atomic mass is 35.5. The van der Waals surface area contributed by atoms with Crippen LogP contribution in [-0.4, -0.2) is 25.8 Å². The summed E-state index contributed by atoms with van der Waals surface area (Å²) in [6, 6.07) is 8.73. The first-order valence-electron chi connectivity index (χ1n) is 9.70. The predicted molar refractivity (Wildman–Crippen MR) is 126 cm³/mol. The van der Waals surface area contributed by atoms with Crippen LogP contribution in [0.4, 0.5) is 16.3 Å². The Morgan fingerprint density at radius 3 is 2.74 bits per heavy atom. The summed E-state index contributed by atoms with van der Waals surface area (Å²) in [6.45, 7) is 6.20. The van der Waals surface area contributed by atoms with E-state index in [4.69, 9.17) is 11.6 Å². The number of aryl methyl sites for hydroxylation is 2. The Labute approximate surface area is 188 Å². The van der Waals surface area contributed by atoms with E-state index in [1.165, 1.54) is 0 Å². The molecule has 4 aromatic rings. The molecule has 0 aromatic carbocycles. The van der Waals surface area contributed by atoms with Gasteiger partial charge in [-0.25, -0.2) is 14.8 Å². The molecule has 0 saturated carbocycles. The standard InChI is InChI=1S/C21H22ClN7OS/c1-11(2)14-10-18(25-20-19(14)12(3)28-29(20)4)26-27-21(30)23-13-8-15(24-17(22)9-13)16-6-5-7-31-16/h5-11H,1-4H3,(H,25,26)(H2,23,24,27,30). The van der Waals surface area contributed by atoms with Crippen molar-refractivity contribution in [2.75, 3.05) is 10.7 Å². The molecule has 0 atom stereocenters. The van der Waals surface area contributed by atoms with Gasteiger partial charge in [-0.3, -0.25) is 15.5 Å². The van der Waals surface area contributed by atoms with Crippen LogP contribution in [-0.2, 0) is 7.05 Å². The topological polar surface area (TPSA) is 96.8 Å². The second-order valence-electron chi connectivity index (χ2n) is 7.40. The van der Waals surface area contributed by atoms with Crippen molar-refractivity contribution in [1.82, 2.24) is 25.2 Å². The van der Waals surface area contributed by atoms with Gasteiger partial charge in [-0.15, -0.1) is 11.3 Å². The second-order valence-corrected chi connectivity index (χ2v) is 8.74. The number of rotatable bonds is 5. The number of anilines is 2. The van der Waals surface area contributed by atoms with Crippen LogP contribution in [0.2, 0.25) is 5.15 Å². The molecule has 2 amide bonds. The van der Waals surface area contributed by atoms with Crippen LogP contribution in [0.15, 0.2) is 35.7 Å². The summed E-state index contributed by atoms with van der Waals surface area (Å²) in [4.78, 5) is 22.3.